The molecule has 0 spiro atoms. The van der Waals surface area contributed by atoms with Crippen LogP contribution in [0.25, 0.3) is 0 Å². The van der Waals surface area contributed by atoms with Crippen LogP contribution in [0, 0.1) is 0 Å². The Labute approximate surface area is 182 Å². The molecule has 0 atom stereocenters. The molecular formula is C22H28ClN3O4. The molecule has 1 N–H and O–H groups in total. The second kappa shape index (κ2) is 9.91. The molecule has 1 saturated heterocycles. The van der Waals surface area contributed by atoms with Gasteiger partial charge in [0.2, 0.25) is 11.7 Å². The van der Waals surface area contributed by atoms with Crippen LogP contribution in [0.2, 0.25) is 5.02 Å². The van der Waals surface area contributed by atoms with Crippen molar-refractivity contribution in [1.82, 2.24) is 4.90 Å². The van der Waals surface area contributed by atoms with E-state index in [0.29, 0.717) is 33.5 Å². The van der Waals surface area contributed by atoms with Crippen molar-refractivity contribution in [2.45, 2.75) is 6.42 Å². The van der Waals surface area contributed by atoms with E-state index in [1.165, 1.54) is 0 Å². The minimum Gasteiger partial charge on any atom is -0.493 e. The van der Waals surface area contributed by atoms with Crippen molar-refractivity contribution in [2.24, 2.45) is 0 Å². The van der Waals surface area contributed by atoms with Crippen molar-refractivity contribution < 1.29 is 19.0 Å². The van der Waals surface area contributed by atoms with Crippen LogP contribution in [0.4, 0.5) is 11.4 Å². The number of nitrogens with one attached hydrogen (secondary N) is 1. The molecule has 1 fully saturated rings. The maximum atomic E-state index is 12.9. The number of hydrogen-bond acceptors (Lipinski definition) is 6. The van der Waals surface area contributed by atoms with Crippen molar-refractivity contribution in [3.8, 4) is 17.2 Å². The normalized spacial score (nSPS) is 14.4. The van der Waals surface area contributed by atoms with Crippen molar-refractivity contribution in [2.75, 3.05) is 64.8 Å². The van der Waals surface area contributed by atoms with Crippen LogP contribution in [0.5, 0.6) is 17.2 Å². The first kappa shape index (κ1) is 22.1. The summed E-state index contributed by atoms with van der Waals surface area (Å²) in [7, 11) is 6.75. The van der Waals surface area contributed by atoms with E-state index in [-0.39, 0.29) is 12.3 Å². The van der Waals surface area contributed by atoms with Crippen LogP contribution >= 0.6 is 11.6 Å². The molecule has 2 aromatic rings. The lowest BCUT2D eigenvalue weighted by molar-refractivity contribution is -0.115. The lowest BCUT2D eigenvalue weighted by Gasteiger charge is -2.35. The van der Waals surface area contributed by atoms with Crippen LogP contribution in [-0.4, -0.2) is 65.4 Å². The molecule has 0 bridgehead atoms. The molecule has 2 aromatic carbocycles. The summed E-state index contributed by atoms with van der Waals surface area (Å²) in [6.45, 7) is 3.73. The number of rotatable bonds is 7. The number of likely N-dealkylation sites (N-methyl/N-ethyl adjacent to an activating group) is 1. The average Bonchev–Trinajstić information content (AvgIpc) is 2.74. The van der Waals surface area contributed by atoms with Crippen molar-refractivity contribution >= 4 is 28.9 Å². The van der Waals surface area contributed by atoms with Gasteiger partial charge in [-0.05, 0) is 31.3 Å². The van der Waals surface area contributed by atoms with E-state index in [4.69, 9.17) is 25.8 Å². The van der Waals surface area contributed by atoms with Crippen LogP contribution in [0.15, 0.2) is 30.3 Å². The van der Waals surface area contributed by atoms with Crippen LogP contribution in [0.3, 0.4) is 0 Å². The molecule has 3 rings (SSSR count). The van der Waals surface area contributed by atoms with E-state index in [1.807, 2.05) is 12.1 Å². The summed E-state index contributed by atoms with van der Waals surface area (Å²) in [5.74, 6) is 1.33. The Bertz CT molecular complexity index is 898. The number of carbonyl (C=O) groups is 1. The molecule has 1 aliphatic rings. The number of carbonyl (C=O) groups excluding carboxylic acids is 1. The quantitative estimate of drug-likeness (QED) is 0.722. The molecule has 0 radical (unpaired) electrons. The van der Waals surface area contributed by atoms with Gasteiger partial charge in [-0.3, -0.25) is 4.79 Å². The number of piperazine rings is 1. The summed E-state index contributed by atoms with van der Waals surface area (Å²) < 4.78 is 16.2. The highest BCUT2D eigenvalue weighted by molar-refractivity contribution is 6.31. The fourth-order valence-electron chi connectivity index (χ4n) is 3.60. The van der Waals surface area contributed by atoms with E-state index in [9.17, 15) is 4.79 Å². The van der Waals surface area contributed by atoms with Gasteiger partial charge in [0.25, 0.3) is 0 Å². The fraction of sp³-hybridized carbons (Fsp3) is 0.409. The summed E-state index contributed by atoms with van der Waals surface area (Å²) in [6, 6.07) is 9.17. The highest BCUT2D eigenvalue weighted by atomic mass is 35.5. The minimum absolute atomic E-state index is 0.123. The van der Waals surface area contributed by atoms with Crippen molar-refractivity contribution in [3.63, 3.8) is 0 Å². The monoisotopic (exact) mass is 433 g/mol. The molecule has 1 aliphatic heterocycles. The molecule has 0 unspecified atom stereocenters. The van der Waals surface area contributed by atoms with Gasteiger partial charge in [0.05, 0.1) is 39.1 Å². The van der Waals surface area contributed by atoms with E-state index in [0.717, 1.165) is 31.9 Å². The summed E-state index contributed by atoms with van der Waals surface area (Å²) in [5.41, 5.74) is 2.38. The SMILES string of the molecule is COc1ccc(CC(=O)Nc2cc(Cl)ccc2N2CCN(C)CC2)c(OC)c1OC. The molecule has 1 heterocycles. The van der Waals surface area contributed by atoms with E-state index in [1.54, 1.807) is 39.5 Å². The minimum atomic E-state index is -0.168. The van der Waals surface area contributed by atoms with E-state index >= 15 is 0 Å². The molecule has 0 saturated carbocycles. The highest BCUT2D eigenvalue weighted by Crippen LogP contribution is 2.40. The zero-order valence-corrected chi connectivity index (χ0v) is 18.6. The van der Waals surface area contributed by atoms with Gasteiger partial charge in [-0.15, -0.1) is 0 Å². The Kier molecular flexibility index (Phi) is 7.29. The zero-order chi connectivity index (χ0) is 21.7. The Morgan fingerprint density at radius 3 is 2.33 bits per heavy atom. The number of amides is 1. The first-order valence-corrected chi connectivity index (χ1v) is 10.1. The van der Waals surface area contributed by atoms with Gasteiger partial charge in [0.15, 0.2) is 11.5 Å². The zero-order valence-electron chi connectivity index (χ0n) is 17.8. The lowest BCUT2D eigenvalue weighted by Crippen LogP contribution is -2.44. The second-order valence-electron chi connectivity index (χ2n) is 7.17. The highest BCUT2D eigenvalue weighted by Gasteiger charge is 2.21. The molecule has 162 valence electrons. The lowest BCUT2D eigenvalue weighted by atomic mass is 10.1. The molecule has 0 aliphatic carbocycles. The maximum Gasteiger partial charge on any atom is 0.228 e. The molecule has 8 heteroatoms. The van der Waals surface area contributed by atoms with Gasteiger partial charge >= 0.3 is 0 Å². The van der Waals surface area contributed by atoms with Gasteiger partial charge in [0.1, 0.15) is 0 Å². The van der Waals surface area contributed by atoms with Crippen molar-refractivity contribution in [3.05, 3.63) is 40.9 Å². The third-order valence-electron chi connectivity index (χ3n) is 5.21. The number of anilines is 2. The largest absolute Gasteiger partial charge is 0.493 e. The predicted molar refractivity (Wildman–Crippen MR) is 120 cm³/mol. The summed E-state index contributed by atoms with van der Waals surface area (Å²) in [4.78, 5) is 17.4. The van der Waals surface area contributed by atoms with Gasteiger partial charge < -0.3 is 29.3 Å². The number of hydrogen-bond donors (Lipinski definition) is 1. The Morgan fingerprint density at radius 1 is 1.00 bits per heavy atom. The number of halogens is 1. The topological polar surface area (TPSA) is 63.3 Å². The smallest absolute Gasteiger partial charge is 0.228 e. The molecule has 1 amide bonds. The van der Waals surface area contributed by atoms with E-state index in [2.05, 4.69) is 22.2 Å². The molecule has 7 nitrogen and oxygen atoms in total. The van der Waals surface area contributed by atoms with Gasteiger partial charge in [-0.2, -0.15) is 0 Å². The predicted octanol–water partition coefficient (Wildman–Crippen LogP) is 3.30. The Balaban J connectivity index is 1.81. The first-order chi connectivity index (χ1) is 14.5. The van der Waals surface area contributed by atoms with Gasteiger partial charge in [-0.1, -0.05) is 17.7 Å². The summed E-state index contributed by atoms with van der Waals surface area (Å²) in [6.07, 6.45) is 0.123. The third-order valence-corrected chi connectivity index (χ3v) is 5.45. The molecular weight excluding hydrogens is 406 g/mol. The number of nitrogens with zero attached hydrogens (tertiary/aromatic N) is 2. The fourth-order valence-corrected chi connectivity index (χ4v) is 3.77. The van der Waals surface area contributed by atoms with Crippen LogP contribution in [-0.2, 0) is 11.2 Å². The Morgan fingerprint density at radius 2 is 1.70 bits per heavy atom. The first-order valence-electron chi connectivity index (χ1n) is 9.77. The number of ether oxygens (including phenoxy) is 3. The number of methoxy groups -OCH3 is 3. The molecule has 30 heavy (non-hydrogen) atoms. The number of benzene rings is 2. The third kappa shape index (κ3) is 4.91. The van der Waals surface area contributed by atoms with Crippen LogP contribution < -0.4 is 24.4 Å². The molecule has 0 aromatic heterocycles. The van der Waals surface area contributed by atoms with Crippen LogP contribution in [0.1, 0.15) is 5.56 Å². The maximum absolute atomic E-state index is 12.9. The summed E-state index contributed by atoms with van der Waals surface area (Å²) in [5, 5.41) is 3.60. The standard InChI is InChI=1S/C22H28ClN3O4/c1-25-9-11-26(12-10-25)18-7-6-16(23)14-17(18)24-20(27)13-15-5-8-19(28-2)22(30-4)21(15)29-3/h5-8,14H,9-13H2,1-4H3,(H,24,27). The van der Waals surface area contributed by atoms with Crippen molar-refractivity contribution in [1.29, 1.82) is 0 Å². The average molecular weight is 434 g/mol. The van der Waals surface area contributed by atoms with Gasteiger partial charge in [-0.25, -0.2) is 0 Å². The second-order valence-corrected chi connectivity index (χ2v) is 7.61. The summed E-state index contributed by atoms with van der Waals surface area (Å²) >= 11 is 6.21. The Hall–Kier alpha value is -2.64. The van der Waals surface area contributed by atoms with Gasteiger partial charge in [0, 0.05) is 36.8 Å². The van der Waals surface area contributed by atoms with E-state index < -0.39 is 0 Å².